The van der Waals surface area contributed by atoms with Crippen LogP contribution in [0, 0.1) is 0 Å². The van der Waals surface area contributed by atoms with Gasteiger partial charge in [-0.3, -0.25) is 5.32 Å². The van der Waals surface area contributed by atoms with Gasteiger partial charge in [0.2, 0.25) is 0 Å². The lowest BCUT2D eigenvalue weighted by Crippen LogP contribution is -2.28. The molecule has 0 aromatic heterocycles. The van der Waals surface area contributed by atoms with Crippen molar-refractivity contribution in [3.63, 3.8) is 0 Å². The van der Waals surface area contributed by atoms with E-state index in [0.29, 0.717) is 18.7 Å². The van der Waals surface area contributed by atoms with Crippen molar-refractivity contribution in [2.45, 2.75) is 38.8 Å². The van der Waals surface area contributed by atoms with Crippen molar-refractivity contribution in [3.8, 4) is 0 Å². The zero-order valence-corrected chi connectivity index (χ0v) is 12.4. The molecule has 114 valence electrons. The van der Waals surface area contributed by atoms with Gasteiger partial charge in [0.05, 0.1) is 6.04 Å². The van der Waals surface area contributed by atoms with Gasteiger partial charge in [-0.2, -0.15) is 0 Å². The highest BCUT2D eigenvalue weighted by atomic mass is 16.6. The van der Waals surface area contributed by atoms with Gasteiger partial charge in [-0.1, -0.05) is 12.1 Å². The van der Waals surface area contributed by atoms with E-state index in [2.05, 4.69) is 10.6 Å². The molecule has 0 bridgehead atoms. The molecule has 6 heteroatoms. The molecule has 0 unspecified atom stereocenters. The molecule has 1 aliphatic heterocycles. The molecule has 2 N–H and O–H groups in total. The van der Waals surface area contributed by atoms with Crippen LogP contribution < -0.4 is 10.6 Å². The maximum absolute atomic E-state index is 11.6. The third-order valence-electron chi connectivity index (χ3n) is 2.82. The number of rotatable bonds is 3. The molecule has 2 amide bonds. The lowest BCUT2D eigenvalue weighted by atomic mass is 10.1. The number of ether oxygens (including phenoxy) is 2. The van der Waals surface area contributed by atoms with Crippen LogP contribution in [0.2, 0.25) is 0 Å². The third kappa shape index (κ3) is 4.98. The molecule has 21 heavy (non-hydrogen) atoms. The number of carbonyl (C=O) groups excluding carboxylic acids is 2. The molecule has 6 nitrogen and oxygen atoms in total. The van der Waals surface area contributed by atoms with Crippen molar-refractivity contribution >= 4 is 17.9 Å². The van der Waals surface area contributed by atoms with Crippen LogP contribution in [-0.2, 0) is 15.9 Å². The highest BCUT2D eigenvalue weighted by Gasteiger charge is 2.22. The zero-order valence-electron chi connectivity index (χ0n) is 12.4. The lowest BCUT2D eigenvalue weighted by molar-refractivity contribution is 0.0636. The van der Waals surface area contributed by atoms with E-state index in [1.165, 1.54) is 0 Å². The van der Waals surface area contributed by atoms with Crippen molar-refractivity contribution in [3.05, 3.63) is 29.8 Å². The summed E-state index contributed by atoms with van der Waals surface area (Å²) in [5.41, 5.74) is 1.20. The number of anilines is 1. The first-order valence-corrected chi connectivity index (χ1v) is 6.84. The van der Waals surface area contributed by atoms with Gasteiger partial charge < -0.3 is 14.8 Å². The van der Waals surface area contributed by atoms with E-state index < -0.39 is 11.7 Å². The Morgan fingerprint density at radius 2 is 2.05 bits per heavy atom. The Hall–Kier alpha value is -2.24. The third-order valence-corrected chi connectivity index (χ3v) is 2.82. The number of alkyl carbamates (subject to hydrolysis) is 1. The Morgan fingerprint density at radius 1 is 1.38 bits per heavy atom. The van der Waals surface area contributed by atoms with Crippen LogP contribution in [0.3, 0.4) is 0 Å². The summed E-state index contributed by atoms with van der Waals surface area (Å²) >= 11 is 0. The van der Waals surface area contributed by atoms with E-state index in [1.807, 2.05) is 32.9 Å². The van der Waals surface area contributed by atoms with Crippen molar-refractivity contribution in [2.24, 2.45) is 0 Å². The largest absolute Gasteiger partial charge is 0.447 e. The molecule has 1 saturated heterocycles. The topological polar surface area (TPSA) is 76.7 Å². The quantitative estimate of drug-likeness (QED) is 0.898. The Kier molecular flexibility index (Phi) is 4.35. The summed E-state index contributed by atoms with van der Waals surface area (Å²) in [6.45, 7) is 5.83. The molecule has 0 radical (unpaired) electrons. The van der Waals surface area contributed by atoms with Gasteiger partial charge in [-0.25, -0.2) is 9.59 Å². The van der Waals surface area contributed by atoms with Crippen molar-refractivity contribution in [2.75, 3.05) is 11.9 Å². The van der Waals surface area contributed by atoms with Crippen molar-refractivity contribution < 1.29 is 19.1 Å². The number of amides is 2. The van der Waals surface area contributed by atoms with E-state index in [4.69, 9.17) is 9.47 Å². The minimum atomic E-state index is -0.523. The standard InChI is InChI=1S/C15H20N2O4/c1-15(2,3)21-14(19)16-11-6-4-10(5-7-11)8-12-9-20-13(18)17-12/h4-7,12H,8-9H2,1-3H3,(H,16,19)(H,17,18)/t12-/m0/s1. The summed E-state index contributed by atoms with van der Waals surface area (Å²) in [4.78, 5) is 22.6. The van der Waals surface area contributed by atoms with Gasteiger partial charge in [0, 0.05) is 5.69 Å². The van der Waals surface area contributed by atoms with Gasteiger partial charge in [-0.05, 0) is 44.9 Å². The van der Waals surface area contributed by atoms with Crippen LogP contribution in [0.1, 0.15) is 26.3 Å². The first-order chi connectivity index (χ1) is 9.82. The number of carbonyl (C=O) groups is 2. The van der Waals surface area contributed by atoms with E-state index in [-0.39, 0.29) is 12.1 Å². The van der Waals surface area contributed by atoms with Crippen LogP contribution in [0.4, 0.5) is 15.3 Å². The van der Waals surface area contributed by atoms with Gasteiger partial charge in [-0.15, -0.1) is 0 Å². The van der Waals surface area contributed by atoms with Crippen LogP contribution >= 0.6 is 0 Å². The van der Waals surface area contributed by atoms with Crippen LogP contribution in [0.25, 0.3) is 0 Å². The van der Waals surface area contributed by atoms with Crippen LogP contribution in [0.5, 0.6) is 0 Å². The van der Waals surface area contributed by atoms with Gasteiger partial charge >= 0.3 is 12.2 Å². The highest BCUT2D eigenvalue weighted by molar-refractivity contribution is 5.84. The summed E-state index contributed by atoms with van der Waals surface area (Å²) in [5, 5.41) is 5.39. The molecular formula is C15H20N2O4. The molecule has 1 aliphatic rings. The minimum Gasteiger partial charge on any atom is -0.447 e. The summed E-state index contributed by atoms with van der Waals surface area (Å²) in [5.74, 6) is 0. The first kappa shape index (κ1) is 15.2. The minimum absolute atomic E-state index is 0.00200. The number of cyclic esters (lactones) is 1. The zero-order chi connectivity index (χ0) is 15.5. The van der Waals surface area contributed by atoms with E-state index in [9.17, 15) is 9.59 Å². The second kappa shape index (κ2) is 6.03. The summed E-state index contributed by atoms with van der Waals surface area (Å²) in [6.07, 6.45) is -0.159. The molecule has 1 atom stereocenters. The smallest absolute Gasteiger partial charge is 0.412 e. The monoisotopic (exact) mass is 292 g/mol. The van der Waals surface area contributed by atoms with Crippen molar-refractivity contribution in [1.29, 1.82) is 0 Å². The predicted octanol–water partition coefficient (Wildman–Crippen LogP) is 2.68. The van der Waals surface area contributed by atoms with Crippen molar-refractivity contribution in [1.82, 2.24) is 5.32 Å². The predicted molar refractivity (Wildman–Crippen MR) is 78.3 cm³/mol. The molecular weight excluding hydrogens is 272 g/mol. The lowest BCUT2D eigenvalue weighted by Gasteiger charge is -2.19. The average molecular weight is 292 g/mol. The molecule has 0 saturated carbocycles. The van der Waals surface area contributed by atoms with Gasteiger partial charge in [0.1, 0.15) is 12.2 Å². The van der Waals surface area contributed by atoms with E-state index >= 15 is 0 Å². The fourth-order valence-corrected chi connectivity index (χ4v) is 1.97. The van der Waals surface area contributed by atoms with E-state index in [1.54, 1.807) is 12.1 Å². The average Bonchev–Trinajstić information content (AvgIpc) is 2.75. The molecule has 0 aliphatic carbocycles. The number of hydrogen-bond acceptors (Lipinski definition) is 4. The summed E-state index contributed by atoms with van der Waals surface area (Å²) in [7, 11) is 0. The van der Waals surface area contributed by atoms with Gasteiger partial charge in [0.15, 0.2) is 0 Å². The van der Waals surface area contributed by atoms with Gasteiger partial charge in [0.25, 0.3) is 0 Å². The molecule has 0 spiro atoms. The molecule has 1 heterocycles. The fraction of sp³-hybridized carbons (Fsp3) is 0.467. The molecule has 1 aromatic carbocycles. The SMILES string of the molecule is CC(C)(C)OC(=O)Nc1ccc(C[C@H]2COC(=O)N2)cc1. The van der Waals surface area contributed by atoms with Crippen LogP contribution in [0.15, 0.2) is 24.3 Å². The first-order valence-electron chi connectivity index (χ1n) is 6.84. The molecule has 1 fully saturated rings. The Bertz CT molecular complexity index is 519. The number of nitrogens with one attached hydrogen (secondary N) is 2. The Labute approximate surface area is 123 Å². The summed E-state index contributed by atoms with van der Waals surface area (Å²) in [6, 6.07) is 7.41. The summed E-state index contributed by atoms with van der Waals surface area (Å²) < 4.78 is 10.0. The molecule has 2 rings (SSSR count). The number of benzene rings is 1. The normalized spacial score (nSPS) is 17.9. The van der Waals surface area contributed by atoms with E-state index in [0.717, 1.165) is 5.56 Å². The maximum atomic E-state index is 11.6. The Morgan fingerprint density at radius 3 is 2.57 bits per heavy atom. The second-order valence-corrected chi connectivity index (χ2v) is 5.97. The molecule has 1 aromatic rings. The highest BCUT2D eigenvalue weighted by Crippen LogP contribution is 2.14. The number of hydrogen-bond donors (Lipinski definition) is 2. The van der Waals surface area contributed by atoms with Crippen LogP contribution in [-0.4, -0.2) is 30.4 Å². The Balaban J connectivity index is 1.87. The second-order valence-electron chi connectivity index (χ2n) is 5.97. The fourth-order valence-electron chi connectivity index (χ4n) is 1.97. The maximum Gasteiger partial charge on any atom is 0.412 e.